The Labute approximate surface area is 53.1 Å². The summed E-state index contributed by atoms with van der Waals surface area (Å²) in [7, 11) is 0. The minimum atomic E-state index is -0.493. The van der Waals surface area contributed by atoms with Crippen molar-refractivity contribution in [2.45, 2.75) is 19.4 Å². The molecule has 0 aliphatic rings. The van der Waals surface area contributed by atoms with Crippen LogP contribution in [-0.4, -0.2) is 10.1 Å². The molecule has 0 saturated heterocycles. The molecule has 0 aliphatic carbocycles. The third-order valence-electron chi connectivity index (χ3n) is 0.938. The van der Waals surface area contributed by atoms with E-state index in [1.807, 2.05) is 13.8 Å². The Hall–Kier alpha value is -0.900. The van der Waals surface area contributed by atoms with E-state index in [9.17, 15) is 0 Å². The van der Waals surface area contributed by atoms with Gasteiger partial charge in [-0.2, -0.15) is 4.98 Å². The summed E-state index contributed by atoms with van der Waals surface area (Å²) in [6, 6.07) is 0. The molecule has 0 saturated carbocycles. The van der Waals surface area contributed by atoms with E-state index in [-0.39, 0.29) is 0 Å². The van der Waals surface area contributed by atoms with Crippen LogP contribution in [0.2, 0.25) is 0 Å². The number of hydrogen-bond acceptors (Lipinski definition) is 4. The largest absolute Gasteiger partial charge is 0.343 e. The van der Waals surface area contributed by atoms with Gasteiger partial charge in [0.15, 0.2) is 5.82 Å². The molecule has 50 valence electrons. The first-order valence-electron chi connectivity index (χ1n) is 2.66. The summed E-state index contributed by atoms with van der Waals surface area (Å²) in [4.78, 5) is 3.78. The van der Waals surface area contributed by atoms with E-state index in [4.69, 9.17) is 5.73 Å². The van der Waals surface area contributed by atoms with Gasteiger partial charge in [0.1, 0.15) is 0 Å². The molecule has 1 heterocycles. The first-order valence-corrected chi connectivity index (χ1v) is 2.66. The predicted molar refractivity (Wildman–Crippen MR) is 31.5 cm³/mol. The Bertz CT molecular complexity index is 175. The molecule has 4 nitrogen and oxygen atoms in total. The van der Waals surface area contributed by atoms with Crippen molar-refractivity contribution >= 4 is 0 Å². The van der Waals surface area contributed by atoms with Crippen LogP contribution in [0.25, 0.3) is 0 Å². The Morgan fingerprint density at radius 2 is 2.33 bits per heavy atom. The molecule has 2 N–H and O–H groups in total. The molecule has 1 aromatic heterocycles. The van der Waals surface area contributed by atoms with Crippen LogP contribution in [0.1, 0.15) is 19.7 Å². The summed E-state index contributed by atoms with van der Waals surface area (Å²) < 4.78 is 4.50. The Kier molecular flexibility index (Phi) is 1.25. The highest BCUT2D eigenvalue weighted by Crippen LogP contribution is 2.09. The molecule has 0 spiro atoms. The van der Waals surface area contributed by atoms with Crippen molar-refractivity contribution in [1.82, 2.24) is 10.1 Å². The van der Waals surface area contributed by atoms with Crippen LogP contribution in [0.4, 0.5) is 0 Å². The molecule has 0 atom stereocenters. The zero-order chi connectivity index (χ0) is 6.91. The third kappa shape index (κ3) is 1.26. The van der Waals surface area contributed by atoms with Gasteiger partial charge in [-0.05, 0) is 13.8 Å². The fourth-order valence-electron chi connectivity index (χ4n) is 0.455. The van der Waals surface area contributed by atoms with Gasteiger partial charge in [0.25, 0.3) is 0 Å². The molecular weight excluding hydrogens is 118 g/mol. The highest BCUT2D eigenvalue weighted by molar-refractivity contribution is 4.94. The van der Waals surface area contributed by atoms with Crippen molar-refractivity contribution in [3.8, 4) is 0 Å². The molecule has 4 heteroatoms. The molecule has 0 unspecified atom stereocenters. The van der Waals surface area contributed by atoms with Crippen LogP contribution in [0.3, 0.4) is 0 Å². The second kappa shape index (κ2) is 1.80. The van der Waals surface area contributed by atoms with Gasteiger partial charge in [0.05, 0.1) is 5.54 Å². The SMILES string of the molecule is CC(C)(N)c1ncon1. The molecular formula is C5H9N3O. The first kappa shape index (κ1) is 6.22. The quantitative estimate of drug-likeness (QED) is 0.587. The summed E-state index contributed by atoms with van der Waals surface area (Å²) >= 11 is 0. The molecule has 9 heavy (non-hydrogen) atoms. The maximum Gasteiger partial charge on any atom is 0.213 e. The summed E-state index contributed by atoms with van der Waals surface area (Å²) in [5.74, 6) is 0.530. The second-order valence-corrected chi connectivity index (χ2v) is 2.48. The zero-order valence-electron chi connectivity index (χ0n) is 5.46. The van der Waals surface area contributed by atoms with Crippen LogP contribution in [0, 0.1) is 0 Å². The highest BCUT2D eigenvalue weighted by atomic mass is 16.5. The van der Waals surface area contributed by atoms with Crippen LogP contribution in [0.15, 0.2) is 10.9 Å². The van der Waals surface area contributed by atoms with E-state index in [0.717, 1.165) is 0 Å². The smallest absolute Gasteiger partial charge is 0.213 e. The van der Waals surface area contributed by atoms with Crippen LogP contribution >= 0.6 is 0 Å². The van der Waals surface area contributed by atoms with E-state index < -0.39 is 5.54 Å². The van der Waals surface area contributed by atoms with E-state index >= 15 is 0 Å². The van der Waals surface area contributed by atoms with Crippen LogP contribution < -0.4 is 5.73 Å². The Balaban J connectivity index is 2.90. The standard InChI is InChI=1S/C5H9N3O/c1-5(2,6)4-7-3-9-8-4/h3H,6H2,1-2H3. The predicted octanol–water partition coefficient (Wildman–Crippen LogP) is 0.263. The van der Waals surface area contributed by atoms with Gasteiger partial charge in [-0.1, -0.05) is 5.16 Å². The molecule has 0 radical (unpaired) electrons. The molecule has 1 rings (SSSR count). The summed E-state index contributed by atoms with van der Waals surface area (Å²) in [6.45, 7) is 3.63. The number of aromatic nitrogens is 2. The molecule has 0 amide bonds. The number of hydrogen-bond donors (Lipinski definition) is 1. The number of rotatable bonds is 1. The minimum Gasteiger partial charge on any atom is -0.343 e. The Morgan fingerprint density at radius 1 is 1.67 bits per heavy atom. The van der Waals surface area contributed by atoms with Crippen molar-refractivity contribution in [2.24, 2.45) is 5.73 Å². The monoisotopic (exact) mass is 127 g/mol. The third-order valence-corrected chi connectivity index (χ3v) is 0.938. The van der Waals surface area contributed by atoms with Gasteiger partial charge in [-0.25, -0.2) is 0 Å². The minimum absolute atomic E-state index is 0.493. The molecule has 0 aromatic carbocycles. The van der Waals surface area contributed by atoms with E-state index in [1.54, 1.807) is 0 Å². The maximum absolute atomic E-state index is 5.62. The first-order chi connectivity index (χ1) is 4.11. The lowest BCUT2D eigenvalue weighted by Gasteiger charge is -2.11. The van der Waals surface area contributed by atoms with Crippen molar-refractivity contribution < 1.29 is 4.52 Å². The molecule has 1 aromatic rings. The maximum atomic E-state index is 5.62. The summed E-state index contributed by atoms with van der Waals surface area (Å²) in [5, 5.41) is 3.58. The van der Waals surface area contributed by atoms with Crippen molar-refractivity contribution in [3.63, 3.8) is 0 Å². The number of nitrogens with two attached hydrogens (primary N) is 1. The van der Waals surface area contributed by atoms with Crippen molar-refractivity contribution in [1.29, 1.82) is 0 Å². The van der Waals surface area contributed by atoms with Gasteiger partial charge >= 0.3 is 0 Å². The Morgan fingerprint density at radius 3 is 2.56 bits per heavy atom. The highest BCUT2D eigenvalue weighted by Gasteiger charge is 2.18. The van der Waals surface area contributed by atoms with Gasteiger partial charge in [0, 0.05) is 0 Å². The zero-order valence-corrected chi connectivity index (χ0v) is 5.46. The van der Waals surface area contributed by atoms with Gasteiger partial charge in [-0.15, -0.1) is 0 Å². The molecule has 0 bridgehead atoms. The normalized spacial score (nSPS) is 11.9. The van der Waals surface area contributed by atoms with Gasteiger partial charge < -0.3 is 10.3 Å². The van der Waals surface area contributed by atoms with E-state index in [0.29, 0.717) is 5.82 Å². The van der Waals surface area contributed by atoms with Gasteiger partial charge in [-0.3, -0.25) is 0 Å². The van der Waals surface area contributed by atoms with E-state index in [2.05, 4.69) is 14.7 Å². The number of nitrogens with zero attached hydrogens (tertiary/aromatic N) is 2. The summed E-state index contributed by atoms with van der Waals surface area (Å²) in [5.41, 5.74) is 5.12. The summed E-state index contributed by atoms with van der Waals surface area (Å²) in [6.07, 6.45) is 1.27. The average molecular weight is 127 g/mol. The molecule has 0 aliphatic heterocycles. The van der Waals surface area contributed by atoms with Crippen molar-refractivity contribution in [2.75, 3.05) is 0 Å². The fourth-order valence-corrected chi connectivity index (χ4v) is 0.455. The fraction of sp³-hybridized carbons (Fsp3) is 0.600. The lowest BCUT2D eigenvalue weighted by molar-refractivity contribution is 0.388. The van der Waals surface area contributed by atoms with Crippen LogP contribution in [-0.2, 0) is 5.54 Å². The van der Waals surface area contributed by atoms with Crippen LogP contribution in [0.5, 0.6) is 0 Å². The second-order valence-electron chi connectivity index (χ2n) is 2.48. The lowest BCUT2D eigenvalue weighted by atomic mass is 10.1. The lowest BCUT2D eigenvalue weighted by Crippen LogP contribution is -2.29. The van der Waals surface area contributed by atoms with Crippen molar-refractivity contribution in [3.05, 3.63) is 12.2 Å². The van der Waals surface area contributed by atoms with E-state index in [1.165, 1.54) is 6.39 Å². The topological polar surface area (TPSA) is 64.9 Å². The van der Waals surface area contributed by atoms with Gasteiger partial charge in [0.2, 0.25) is 6.39 Å². The molecule has 0 fully saturated rings. The average Bonchev–Trinajstić information content (AvgIpc) is 2.08.